The van der Waals surface area contributed by atoms with Crippen LogP contribution >= 0.6 is 0 Å². The molecule has 0 radical (unpaired) electrons. The van der Waals surface area contributed by atoms with Gasteiger partial charge in [0.15, 0.2) is 0 Å². The van der Waals surface area contributed by atoms with Crippen LogP contribution in [0.4, 0.5) is 0 Å². The predicted molar refractivity (Wildman–Crippen MR) is 66.6 cm³/mol. The van der Waals surface area contributed by atoms with E-state index in [-0.39, 0.29) is 0 Å². The van der Waals surface area contributed by atoms with E-state index in [1.54, 1.807) is 6.33 Å². The number of nitrogens with zero attached hydrogens (tertiary/aromatic N) is 4. The third kappa shape index (κ3) is 4.80. The molecule has 0 aliphatic carbocycles. The third-order valence-electron chi connectivity index (χ3n) is 2.44. The summed E-state index contributed by atoms with van der Waals surface area (Å²) in [6, 6.07) is 0. The number of hydrogen-bond donors (Lipinski definition) is 2. The number of aliphatic hydroxyl groups is 1. The van der Waals surface area contributed by atoms with Crippen molar-refractivity contribution in [3.05, 3.63) is 12.2 Å². The normalized spacial score (nSPS) is 15.2. The van der Waals surface area contributed by atoms with Gasteiger partial charge in [0, 0.05) is 19.6 Å². The second-order valence-corrected chi connectivity index (χ2v) is 4.83. The van der Waals surface area contributed by atoms with Gasteiger partial charge in [0.2, 0.25) is 0 Å². The first kappa shape index (κ1) is 14.1. The summed E-state index contributed by atoms with van der Waals surface area (Å²) in [5.74, 6) is 0.896. The van der Waals surface area contributed by atoms with Crippen LogP contribution in [0.25, 0.3) is 0 Å². The molecule has 0 aromatic carbocycles. The molecule has 6 heteroatoms. The Morgan fingerprint density at radius 3 is 2.82 bits per heavy atom. The molecule has 0 saturated carbocycles. The largest absolute Gasteiger partial charge is 0.388 e. The molecular weight excluding hydrogens is 218 g/mol. The SMILES string of the molecule is CCn1ncnc1CNCC(C)(O)CN(C)C. The monoisotopic (exact) mass is 241 g/mol. The fourth-order valence-corrected chi connectivity index (χ4v) is 1.87. The van der Waals surface area contributed by atoms with Crippen LogP contribution in [0.5, 0.6) is 0 Å². The highest BCUT2D eigenvalue weighted by Gasteiger charge is 2.20. The van der Waals surface area contributed by atoms with Crippen LogP contribution in [0.15, 0.2) is 6.33 Å². The first-order chi connectivity index (χ1) is 7.94. The summed E-state index contributed by atoms with van der Waals surface area (Å²) in [5, 5.41) is 17.4. The number of aromatic nitrogens is 3. The van der Waals surface area contributed by atoms with E-state index < -0.39 is 5.60 Å². The van der Waals surface area contributed by atoms with Gasteiger partial charge in [-0.05, 0) is 27.9 Å². The zero-order chi connectivity index (χ0) is 12.9. The van der Waals surface area contributed by atoms with E-state index in [2.05, 4.69) is 15.4 Å². The smallest absolute Gasteiger partial charge is 0.140 e. The van der Waals surface area contributed by atoms with Gasteiger partial charge in [-0.1, -0.05) is 0 Å². The number of likely N-dealkylation sites (N-methyl/N-ethyl adjacent to an activating group) is 1. The van der Waals surface area contributed by atoms with E-state index >= 15 is 0 Å². The Bertz CT molecular complexity index is 334. The predicted octanol–water partition coefficient (Wildman–Crippen LogP) is -0.300. The molecular formula is C11H23N5O. The van der Waals surface area contributed by atoms with E-state index in [9.17, 15) is 5.11 Å². The lowest BCUT2D eigenvalue weighted by Crippen LogP contribution is -2.45. The second-order valence-electron chi connectivity index (χ2n) is 4.83. The highest BCUT2D eigenvalue weighted by Crippen LogP contribution is 2.03. The fourth-order valence-electron chi connectivity index (χ4n) is 1.87. The molecule has 1 rings (SSSR count). The molecule has 0 aliphatic heterocycles. The fraction of sp³-hybridized carbons (Fsp3) is 0.818. The minimum absolute atomic E-state index is 0.530. The summed E-state index contributed by atoms with van der Waals surface area (Å²) >= 11 is 0. The average molecular weight is 241 g/mol. The molecule has 0 fully saturated rings. The van der Waals surface area contributed by atoms with Crippen molar-refractivity contribution in [2.45, 2.75) is 32.5 Å². The lowest BCUT2D eigenvalue weighted by molar-refractivity contribution is 0.0334. The molecule has 0 amide bonds. The van der Waals surface area contributed by atoms with Gasteiger partial charge < -0.3 is 15.3 Å². The van der Waals surface area contributed by atoms with E-state index in [1.807, 2.05) is 37.5 Å². The molecule has 0 bridgehead atoms. The van der Waals surface area contributed by atoms with E-state index in [0.717, 1.165) is 12.4 Å². The minimum atomic E-state index is -0.736. The quantitative estimate of drug-likeness (QED) is 0.686. The van der Waals surface area contributed by atoms with Crippen LogP contribution in [-0.2, 0) is 13.1 Å². The first-order valence-corrected chi connectivity index (χ1v) is 5.89. The Morgan fingerprint density at radius 1 is 1.53 bits per heavy atom. The standard InChI is InChI=1S/C11H23N5O/c1-5-16-10(13-9-14-16)6-12-7-11(2,17)8-15(3)4/h9,12,17H,5-8H2,1-4H3. The van der Waals surface area contributed by atoms with Crippen LogP contribution < -0.4 is 5.32 Å². The maximum absolute atomic E-state index is 10.1. The van der Waals surface area contributed by atoms with Crippen molar-refractivity contribution in [3.63, 3.8) is 0 Å². The van der Waals surface area contributed by atoms with Crippen LogP contribution in [0.2, 0.25) is 0 Å². The van der Waals surface area contributed by atoms with Gasteiger partial charge in [0.25, 0.3) is 0 Å². The number of aryl methyl sites for hydroxylation is 1. The molecule has 1 aromatic heterocycles. The number of nitrogens with one attached hydrogen (secondary N) is 1. The van der Waals surface area contributed by atoms with Crippen molar-refractivity contribution >= 4 is 0 Å². The van der Waals surface area contributed by atoms with E-state index in [1.165, 1.54) is 0 Å². The van der Waals surface area contributed by atoms with Gasteiger partial charge in [0.05, 0.1) is 12.1 Å². The maximum atomic E-state index is 10.1. The van der Waals surface area contributed by atoms with Crippen LogP contribution in [0.3, 0.4) is 0 Å². The first-order valence-electron chi connectivity index (χ1n) is 5.89. The van der Waals surface area contributed by atoms with Crippen LogP contribution in [0, 0.1) is 0 Å². The summed E-state index contributed by atoms with van der Waals surface area (Å²) < 4.78 is 1.84. The van der Waals surface area contributed by atoms with Gasteiger partial charge in [-0.25, -0.2) is 9.67 Å². The molecule has 0 aliphatic rings. The van der Waals surface area contributed by atoms with Gasteiger partial charge in [-0.2, -0.15) is 5.10 Å². The van der Waals surface area contributed by atoms with Gasteiger partial charge in [-0.3, -0.25) is 0 Å². The van der Waals surface area contributed by atoms with Crippen molar-refractivity contribution < 1.29 is 5.11 Å². The van der Waals surface area contributed by atoms with Gasteiger partial charge >= 0.3 is 0 Å². The van der Waals surface area contributed by atoms with Crippen LogP contribution in [-0.4, -0.2) is 57.6 Å². The molecule has 98 valence electrons. The molecule has 0 spiro atoms. The summed E-state index contributed by atoms with van der Waals surface area (Å²) in [6.07, 6.45) is 1.55. The number of hydrogen-bond acceptors (Lipinski definition) is 5. The highest BCUT2D eigenvalue weighted by atomic mass is 16.3. The maximum Gasteiger partial charge on any atom is 0.140 e. The molecule has 17 heavy (non-hydrogen) atoms. The Morgan fingerprint density at radius 2 is 2.24 bits per heavy atom. The van der Waals surface area contributed by atoms with E-state index in [0.29, 0.717) is 19.6 Å². The summed E-state index contributed by atoms with van der Waals surface area (Å²) in [5.41, 5.74) is -0.736. The molecule has 1 heterocycles. The Balaban J connectivity index is 2.37. The third-order valence-corrected chi connectivity index (χ3v) is 2.44. The Hall–Kier alpha value is -0.980. The zero-order valence-corrected chi connectivity index (χ0v) is 11.1. The van der Waals surface area contributed by atoms with Crippen molar-refractivity contribution in [3.8, 4) is 0 Å². The Labute approximate surface area is 103 Å². The van der Waals surface area contributed by atoms with Crippen molar-refractivity contribution in [1.82, 2.24) is 25.0 Å². The molecule has 2 N–H and O–H groups in total. The van der Waals surface area contributed by atoms with Crippen molar-refractivity contribution in [2.75, 3.05) is 27.2 Å². The number of rotatable bonds is 7. The lowest BCUT2D eigenvalue weighted by atomic mass is 10.1. The molecule has 1 atom stereocenters. The minimum Gasteiger partial charge on any atom is -0.388 e. The highest BCUT2D eigenvalue weighted by molar-refractivity contribution is 4.85. The zero-order valence-electron chi connectivity index (χ0n) is 11.1. The lowest BCUT2D eigenvalue weighted by Gasteiger charge is -2.27. The van der Waals surface area contributed by atoms with E-state index in [4.69, 9.17) is 0 Å². The second kappa shape index (κ2) is 6.09. The van der Waals surface area contributed by atoms with Gasteiger partial charge in [-0.15, -0.1) is 0 Å². The molecule has 1 unspecified atom stereocenters. The topological polar surface area (TPSA) is 66.2 Å². The molecule has 1 aromatic rings. The van der Waals surface area contributed by atoms with Crippen molar-refractivity contribution in [1.29, 1.82) is 0 Å². The summed E-state index contributed by atoms with van der Waals surface area (Å²) in [4.78, 5) is 6.13. The van der Waals surface area contributed by atoms with Crippen molar-refractivity contribution in [2.24, 2.45) is 0 Å². The Kier molecular flexibility index (Phi) is 5.04. The molecule has 6 nitrogen and oxygen atoms in total. The van der Waals surface area contributed by atoms with Crippen LogP contribution in [0.1, 0.15) is 19.7 Å². The average Bonchev–Trinajstić information content (AvgIpc) is 2.62. The van der Waals surface area contributed by atoms with Gasteiger partial charge in [0.1, 0.15) is 12.2 Å². The summed E-state index contributed by atoms with van der Waals surface area (Å²) in [7, 11) is 3.89. The summed E-state index contributed by atoms with van der Waals surface area (Å²) in [6.45, 7) is 6.44. The molecule has 0 saturated heterocycles.